The van der Waals surface area contributed by atoms with Gasteiger partial charge in [0.25, 0.3) is 11.7 Å². The van der Waals surface area contributed by atoms with Gasteiger partial charge in [-0.15, -0.1) is 0 Å². The fourth-order valence-corrected chi connectivity index (χ4v) is 3.67. The van der Waals surface area contributed by atoms with E-state index in [0.29, 0.717) is 6.42 Å². The minimum Gasteiger partial charge on any atom is -0.344 e. The van der Waals surface area contributed by atoms with Crippen molar-refractivity contribution in [3.05, 3.63) is 30.1 Å². The van der Waals surface area contributed by atoms with Gasteiger partial charge in [-0.05, 0) is 36.8 Å². The van der Waals surface area contributed by atoms with E-state index in [4.69, 9.17) is 0 Å². The summed E-state index contributed by atoms with van der Waals surface area (Å²) in [5.74, 6) is -5.06. The quantitative estimate of drug-likeness (QED) is 0.605. The number of nitrogens with one attached hydrogen (secondary N) is 2. The van der Waals surface area contributed by atoms with Crippen LogP contribution >= 0.6 is 0 Å². The SMILES string of the molecule is CC(C)[C@H](NC(=O)c1ccccn1)C(=O)N1CCC[C@H]1C(=O)N[C@H](C(=O)C(F)(F)F)C(C)C. The fourth-order valence-electron chi connectivity index (χ4n) is 3.67. The normalized spacial score (nSPS) is 18.2. The number of nitrogens with zero attached hydrogens (tertiary/aromatic N) is 2. The van der Waals surface area contributed by atoms with Gasteiger partial charge in [-0.3, -0.25) is 24.2 Å². The molecule has 0 unspecified atom stereocenters. The Morgan fingerprint density at radius 1 is 1.03 bits per heavy atom. The predicted octanol–water partition coefficient (Wildman–Crippen LogP) is 2.10. The Labute approximate surface area is 190 Å². The first kappa shape index (κ1) is 26.3. The number of hydrogen-bond donors (Lipinski definition) is 2. The molecular formula is C22H29F3N4O4. The zero-order chi connectivity index (χ0) is 24.9. The Morgan fingerprint density at radius 3 is 2.18 bits per heavy atom. The molecule has 0 aromatic carbocycles. The summed E-state index contributed by atoms with van der Waals surface area (Å²) in [4.78, 5) is 55.5. The average Bonchev–Trinajstić information content (AvgIpc) is 3.24. The molecule has 3 atom stereocenters. The standard InChI is InChI=1S/C22H29F3N4O4/c1-12(2)16(18(30)22(23,24)25)27-20(32)15-9-7-11-29(15)21(33)17(13(3)4)28-19(31)14-8-5-6-10-26-14/h5-6,8,10,12-13,15-17H,7,9,11H2,1-4H3,(H,27,32)(H,28,31)/t15-,16-,17-/m0/s1. The van der Waals surface area contributed by atoms with Gasteiger partial charge in [0, 0.05) is 12.7 Å². The summed E-state index contributed by atoms with van der Waals surface area (Å²) < 4.78 is 38.8. The molecule has 11 heteroatoms. The highest BCUT2D eigenvalue weighted by Gasteiger charge is 2.46. The van der Waals surface area contributed by atoms with E-state index in [1.54, 1.807) is 26.0 Å². The van der Waals surface area contributed by atoms with Gasteiger partial charge in [-0.25, -0.2) is 0 Å². The summed E-state index contributed by atoms with van der Waals surface area (Å²) in [6, 6.07) is 1.01. The van der Waals surface area contributed by atoms with Crippen LogP contribution in [-0.2, 0) is 14.4 Å². The molecule has 0 bridgehead atoms. The Kier molecular flexibility index (Phi) is 8.57. The molecule has 0 aliphatic carbocycles. The molecule has 0 radical (unpaired) electrons. The molecule has 1 saturated heterocycles. The van der Waals surface area contributed by atoms with E-state index in [1.165, 1.54) is 31.0 Å². The van der Waals surface area contributed by atoms with Crippen LogP contribution in [0.3, 0.4) is 0 Å². The third-order valence-corrected chi connectivity index (χ3v) is 5.48. The predicted molar refractivity (Wildman–Crippen MR) is 113 cm³/mol. The van der Waals surface area contributed by atoms with Crippen molar-refractivity contribution in [1.29, 1.82) is 0 Å². The molecular weight excluding hydrogens is 441 g/mol. The van der Waals surface area contributed by atoms with Crippen molar-refractivity contribution >= 4 is 23.5 Å². The molecule has 1 fully saturated rings. The summed E-state index contributed by atoms with van der Waals surface area (Å²) in [6.07, 6.45) is -2.95. The maximum absolute atomic E-state index is 13.2. The second-order valence-electron chi connectivity index (χ2n) is 8.69. The molecule has 8 nitrogen and oxygen atoms in total. The number of amides is 3. The van der Waals surface area contributed by atoms with Crippen molar-refractivity contribution in [2.24, 2.45) is 11.8 Å². The molecule has 1 aromatic rings. The van der Waals surface area contributed by atoms with Crippen LogP contribution in [0.1, 0.15) is 51.0 Å². The van der Waals surface area contributed by atoms with E-state index in [-0.39, 0.29) is 24.6 Å². The maximum Gasteiger partial charge on any atom is 0.452 e. The van der Waals surface area contributed by atoms with Crippen molar-refractivity contribution in [3.63, 3.8) is 0 Å². The number of carbonyl (C=O) groups is 4. The second-order valence-corrected chi connectivity index (χ2v) is 8.69. The van der Waals surface area contributed by atoms with Gasteiger partial charge < -0.3 is 15.5 Å². The number of halogens is 3. The molecule has 182 valence electrons. The zero-order valence-electron chi connectivity index (χ0n) is 19.0. The minimum absolute atomic E-state index is 0.122. The lowest BCUT2D eigenvalue weighted by molar-refractivity contribution is -0.175. The van der Waals surface area contributed by atoms with Crippen molar-refractivity contribution in [3.8, 4) is 0 Å². The van der Waals surface area contributed by atoms with E-state index in [0.717, 1.165) is 0 Å². The van der Waals surface area contributed by atoms with Crippen LogP contribution in [-0.4, -0.2) is 64.2 Å². The molecule has 1 aliphatic heterocycles. The van der Waals surface area contributed by atoms with Crippen molar-refractivity contribution in [1.82, 2.24) is 20.5 Å². The van der Waals surface area contributed by atoms with E-state index in [1.807, 2.05) is 0 Å². The summed E-state index contributed by atoms with van der Waals surface area (Å²) in [7, 11) is 0. The molecule has 2 rings (SSSR count). The number of Topliss-reactive ketones (excluding diaryl/α,β-unsaturated/α-hetero) is 1. The number of pyridine rings is 1. The Hall–Kier alpha value is -2.98. The van der Waals surface area contributed by atoms with Crippen LogP contribution in [0.2, 0.25) is 0 Å². The number of likely N-dealkylation sites (tertiary alicyclic amines) is 1. The van der Waals surface area contributed by atoms with Crippen molar-refractivity contribution < 1.29 is 32.3 Å². The topological polar surface area (TPSA) is 108 Å². The lowest BCUT2D eigenvalue weighted by Gasteiger charge is -2.31. The Bertz CT molecular complexity index is 874. The molecule has 0 saturated carbocycles. The van der Waals surface area contributed by atoms with Crippen LogP contribution in [0.15, 0.2) is 24.4 Å². The van der Waals surface area contributed by atoms with Gasteiger partial charge in [0.05, 0.1) is 6.04 Å². The largest absolute Gasteiger partial charge is 0.452 e. The smallest absolute Gasteiger partial charge is 0.344 e. The average molecular weight is 470 g/mol. The molecule has 2 heterocycles. The number of hydrogen-bond acceptors (Lipinski definition) is 5. The highest BCUT2D eigenvalue weighted by atomic mass is 19.4. The molecule has 1 aliphatic rings. The van der Waals surface area contributed by atoms with E-state index >= 15 is 0 Å². The van der Waals surface area contributed by atoms with Gasteiger partial charge >= 0.3 is 6.18 Å². The van der Waals surface area contributed by atoms with Gasteiger partial charge in [-0.2, -0.15) is 13.2 Å². The van der Waals surface area contributed by atoms with Crippen LogP contribution in [0, 0.1) is 11.8 Å². The number of rotatable bonds is 8. The second kappa shape index (κ2) is 10.8. The van der Waals surface area contributed by atoms with Gasteiger partial charge in [0.2, 0.25) is 11.8 Å². The van der Waals surface area contributed by atoms with Crippen LogP contribution in [0.5, 0.6) is 0 Å². The lowest BCUT2D eigenvalue weighted by Crippen LogP contribution is -2.58. The first-order valence-corrected chi connectivity index (χ1v) is 10.8. The van der Waals surface area contributed by atoms with E-state index in [2.05, 4.69) is 15.6 Å². The minimum atomic E-state index is -5.09. The van der Waals surface area contributed by atoms with E-state index in [9.17, 15) is 32.3 Å². The third-order valence-electron chi connectivity index (χ3n) is 5.48. The fraction of sp³-hybridized carbons (Fsp3) is 0.591. The highest BCUT2D eigenvalue weighted by molar-refractivity contribution is 5.98. The molecule has 3 amide bonds. The third kappa shape index (κ3) is 6.52. The lowest BCUT2D eigenvalue weighted by atomic mass is 9.98. The summed E-state index contributed by atoms with van der Waals surface area (Å²) in [5.41, 5.74) is 0.122. The van der Waals surface area contributed by atoms with Crippen LogP contribution < -0.4 is 10.6 Å². The highest BCUT2D eigenvalue weighted by Crippen LogP contribution is 2.24. The molecule has 2 N–H and O–H groups in total. The van der Waals surface area contributed by atoms with Crippen molar-refractivity contribution in [2.45, 2.75) is 64.8 Å². The molecule has 33 heavy (non-hydrogen) atoms. The Morgan fingerprint density at radius 2 is 1.67 bits per heavy atom. The zero-order valence-corrected chi connectivity index (χ0v) is 19.0. The summed E-state index contributed by atoms with van der Waals surface area (Å²) >= 11 is 0. The monoisotopic (exact) mass is 470 g/mol. The number of alkyl halides is 3. The Balaban J connectivity index is 2.17. The van der Waals surface area contributed by atoms with Crippen molar-refractivity contribution in [2.75, 3.05) is 6.54 Å². The molecule has 0 spiro atoms. The first-order valence-electron chi connectivity index (χ1n) is 10.8. The van der Waals surface area contributed by atoms with E-state index < -0.39 is 53.7 Å². The van der Waals surface area contributed by atoms with Crippen LogP contribution in [0.4, 0.5) is 13.2 Å². The van der Waals surface area contributed by atoms with Crippen LogP contribution in [0.25, 0.3) is 0 Å². The summed E-state index contributed by atoms with van der Waals surface area (Å²) in [5, 5.41) is 4.82. The molecule has 1 aromatic heterocycles. The number of ketones is 1. The van der Waals surface area contributed by atoms with Gasteiger partial charge in [0.15, 0.2) is 0 Å². The summed E-state index contributed by atoms with van der Waals surface area (Å²) in [6.45, 7) is 6.45. The first-order chi connectivity index (χ1) is 15.3. The van der Waals surface area contributed by atoms with Gasteiger partial charge in [-0.1, -0.05) is 33.8 Å². The number of aromatic nitrogens is 1. The maximum atomic E-state index is 13.2. The number of carbonyl (C=O) groups excluding carboxylic acids is 4. The van der Waals surface area contributed by atoms with Gasteiger partial charge in [0.1, 0.15) is 17.8 Å².